The molecule has 1 aromatic carbocycles. The molecule has 0 aliphatic carbocycles. The summed E-state index contributed by atoms with van der Waals surface area (Å²) in [6, 6.07) is 8.43. The van der Waals surface area contributed by atoms with Crippen LogP contribution in [0.25, 0.3) is 0 Å². The van der Waals surface area contributed by atoms with Crippen LogP contribution in [-0.4, -0.2) is 39.7 Å². The van der Waals surface area contributed by atoms with Crippen molar-refractivity contribution in [2.75, 3.05) is 34.8 Å². The lowest BCUT2D eigenvalue weighted by atomic mass is 10.1. The first-order chi connectivity index (χ1) is 7.19. The monoisotopic (exact) mass is 208 g/mol. The summed E-state index contributed by atoms with van der Waals surface area (Å²) in [5, 5.41) is 3.30. The molecule has 3 heteroatoms. The van der Waals surface area contributed by atoms with Crippen molar-refractivity contribution in [3.63, 3.8) is 0 Å². The van der Waals surface area contributed by atoms with Crippen molar-refractivity contribution in [1.82, 2.24) is 10.2 Å². The second-order valence-corrected chi connectivity index (χ2v) is 3.85. The second-order valence-electron chi connectivity index (χ2n) is 3.85. The molecule has 0 saturated heterocycles. The number of methoxy groups -OCH3 is 1. The lowest BCUT2D eigenvalue weighted by molar-refractivity contribution is 0.341. The van der Waals surface area contributed by atoms with Gasteiger partial charge in [-0.3, -0.25) is 0 Å². The maximum Gasteiger partial charge on any atom is 0.123 e. The van der Waals surface area contributed by atoms with Gasteiger partial charge in [-0.1, -0.05) is 18.2 Å². The van der Waals surface area contributed by atoms with E-state index in [0.717, 1.165) is 12.3 Å². The summed E-state index contributed by atoms with van der Waals surface area (Å²) >= 11 is 0. The maximum atomic E-state index is 5.35. The van der Waals surface area contributed by atoms with Crippen LogP contribution in [0.1, 0.15) is 11.6 Å². The summed E-state index contributed by atoms with van der Waals surface area (Å²) in [5.41, 5.74) is 1.20. The average Bonchev–Trinajstić information content (AvgIpc) is 2.25. The topological polar surface area (TPSA) is 24.5 Å². The van der Waals surface area contributed by atoms with E-state index in [-0.39, 0.29) is 0 Å². The Labute approximate surface area is 92.0 Å². The minimum atomic E-state index is 0.302. The van der Waals surface area contributed by atoms with Crippen molar-refractivity contribution in [3.05, 3.63) is 29.8 Å². The van der Waals surface area contributed by atoms with Gasteiger partial charge in [0.15, 0.2) is 0 Å². The average molecular weight is 208 g/mol. The molecule has 1 atom stereocenters. The molecule has 0 radical (unpaired) electrons. The molecule has 0 heterocycles. The third kappa shape index (κ3) is 3.22. The van der Waals surface area contributed by atoms with Crippen LogP contribution in [-0.2, 0) is 0 Å². The minimum Gasteiger partial charge on any atom is -0.496 e. The van der Waals surface area contributed by atoms with E-state index in [9.17, 15) is 0 Å². The predicted octanol–water partition coefficient (Wildman–Crippen LogP) is 1.52. The first kappa shape index (κ1) is 12.0. The Morgan fingerprint density at radius 3 is 2.53 bits per heavy atom. The van der Waals surface area contributed by atoms with Gasteiger partial charge >= 0.3 is 0 Å². The molecule has 0 amide bonds. The van der Waals surface area contributed by atoms with Crippen molar-refractivity contribution in [1.29, 1.82) is 0 Å². The fourth-order valence-electron chi connectivity index (χ4n) is 1.66. The highest BCUT2D eigenvalue weighted by Crippen LogP contribution is 2.24. The zero-order valence-electron chi connectivity index (χ0n) is 9.95. The van der Waals surface area contributed by atoms with Gasteiger partial charge in [0.05, 0.1) is 7.11 Å². The fraction of sp³-hybridized carbons (Fsp3) is 0.500. The van der Waals surface area contributed by atoms with Gasteiger partial charge in [-0.15, -0.1) is 0 Å². The van der Waals surface area contributed by atoms with Crippen LogP contribution in [0.2, 0.25) is 0 Å². The van der Waals surface area contributed by atoms with Gasteiger partial charge in [0.1, 0.15) is 5.75 Å². The quantitative estimate of drug-likeness (QED) is 0.794. The van der Waals surface area contributed by atoms with Crippen LogP contribution in [0.5, 0.6) is 5.75 Å². The number of likely N-dealkylation sites (N-methyl/N-ethyl adjacent to an activating group) is 2. The molecule has 1 N–H and O–H groups in total. The van der Waals surface area contributed by atoms with Gasteiger partial charge in [-0.25, -0.2) is 0 Å². The van der Waals surface area contributed by atoms with E-state index in [1.165, 1.54) is 5.56 Å². The lowest BCUT2D eigenvalue weighted by Gasteiger charge is -2.22. The molecule has 15 heavy (non-hydrogen) atoms. The lowest BCUT2D eigenvalue weighted by Crippen LogP contribution is -2.29. The Hall–Kier alpha value is -1.06. The largest absolute Gasteiger partial charge is 0.496 e. The van der Waals surface area contributed by atoms with E-state index < -0.39 is 0 Å². The van der Waals surface area contributed by atoms with E-state index in [0.29, 0.717) is 6.04 Å². The highest BCUT2D eigenvalue weighted by Gasteiger charge is 2.14. The smallest absolute Gasteiger partial charge is 0.123 e. The van der Waals surface area contributed by atoms with Gasteiger partial charge in [0.2, 0.25) is 0 Å². The molecular weight excluding hydrogens is 188 g/mol. The normalized spacial score (nSPS) is 12.9. The van der Waals surface area contributed by atoms with E-state index in [1.807, 2.05) is 25.2 Å². The standard InChI is InChI=1S/C12H20N2O/c1-13-11(9-14(2)3)10-7-5-6-8-12(10)15-4/h5-8,11,13H,9H2,1-4H3. The van der Waals surface area contributed by atoms with Crippen molar-refractivity contribution < 1.29 is 4.74 Å². The van der Waals surface area contributed by atoms with Gasteiger partial charge in [0, 0.05) is 18.2 Å². The third-order valence-corrected chi connectivity index (χ3v) is 2.41. The number of benzene rings is 1. The third-order valence-electron chi connectivity index (χ3n) is 2.41. The molecule has 0 saturated carbocycles. The molecule has 0 aromatic heterocycles. The van der Waals surface area contributed by atoms with Crippen LogP contribution < -0.4 is 10.1 Å². The fourth-order valence-corrected chi connectivity index (χ4v) is 1.66. The number of nitrogens with one attached hydrogen (secondary N) is 1. The number of hydrogen-bond acceptors (Lipinski definition) is 3. The Kier molecular flexibility index (Phi) is 4.59. The summed E-state index contributed by atoms with van der Waals surface area (Å²) in [5.74, 6) is 0.943. The van der Waals surface area contributed by atoms with Crippen LogP contribution in [0.15, 0.2) is 24.3 Å². The molecule has 0 fully saturated rings. The van der Waals surface area contributed by atoms with Crippen LogP contribution >= 0.6 is 0 Å². The molecule has 1 aromatic rings. The molecule has 1 rings (SSSR count). The first-order valence-electron chi connectivity index (χ1n) is 5.14. The van der Waals surface area contributed by atoms with Crippen molar-refractivity contribution in [2.45, 2.75) is 6.04 Å². The maximum absolute atomic E-state index is 5.35. The first-order valence-corrected chi connectivity index (χ1v) is 5.14. The number of rotatable bonds is 5. The zero-order valence-corrected chi connectivity index (χ0v) is 9.95. The summed E-state index contributed by atoms with van der Waals surface area (Å²) in [6.07, 6.45) is 0. The van der Waals surface area contributed by atoms with Gasteiger partial charge < -0.3 is 15.0 Å². The van der Waals surface area contributed by atoms with Crippen molar-refractivity contribution in [3.8, 4) is 5.75 Å². The number of nitrogens with zero attached hydrogens (tertiary/aromatic N) is 1. The number of hydrogen-bond donors (Lipinski definition) is 1. The van der Waals surface area contributed by atoms with E-state index in [4.69, 9.17) is 4.74 Å². The van der Waals surface area contributed by atoms with Crippen molar-refractivity contribution in [2.24, 2.45) is 0 Å². The van der Waals surface area contributed by atoms with Gasteiger partial charge in [-0.2, -0.15) is 0 Å². The molecule has 84 valence electrons. The zero-order chi connectivity index (χ0) is 11.3. The van der Waals surface area contributed by atoms with E-state index >= 15 is 0 Å². The molecule has 1 unspecified atom stereocenters. The van der Waals surface area contributed by atoms with Gasteiger partial charge in [-0.05, 0) is 27.2 Å². The molecule has 0 aliphatic heterocycles. The number of para-hydroxylation sites is 1. The highest BCUT2D eigenvalue weighted by atomic mass is 16.5. The molecule has 3 nitrogen and oxygen atoms in total. The van der Waals surface area contributed by atoms with Crippen LogP contribution in [0.3, 0.4) is 0 Å². The number of ether oxygens (including phenoxy) is 1. The van der Waals surface area contributed by atoms with E-state index in [2.05, 4.69) is 30.4 Å². The Morgan fingerprint density at radius 2 is 2.00 bits per heavy atom. The Balaban J connectivity index is 2.90. The second kappa shape index (κ2) is 5.73. The molecule has 0 aliphatic rings. The molecule has 0 spiro atoms. The van der Waals surface area contributed by atoms with Crippen molar-refractivity contribution >= 4 is 0 Å². The van der Waals surface area contributed by atoms with Crippen LogP contribution in [0.4, 0.5) is 0 Å². The Morgan fingerprint density at radius 1 is 1.33 bits per heavy atom. The SMILES string of the molecule is CNC(CN(C)C)c1ccccc1OC. The minimum absolute atomic E-state index is 0.302. The molecule has 0 bridgehead atoms. The summed E-state index contributed by atoms with van der Waals surface area (Å²) < 4.78 is 5.35. The highest BCUT2D eigenvalue weighted by molar-refractivity contribution is 5.36. The van der Waals surface area contributed by atoms with Gasteiger partial charge in [0.25, 0.3) is 0 Å². The summed E-state index contributed by atoms with van der Waals surface area (Å²) in [4.78, 5) is 2.16. The predicted molar refractivity (Wildman–Crippen MR) is 63.3 cm³/mol. The van der Waals surface area contributed by atoms with Crippen LogP contribution in [0, 0.1) is 0 Å². The Bertz CT molecular complexity index is 299. The summed E-state index contributed by atoms with van der Waals surface area (Å²) in [6.45, 7) is 0.955. The van der Waals surface area contributed by atoms with E-state index in [1.54, 1.807) is 7.11 Å². The molecular formula is C12H20N2O. The summed E-state index contributed by atoms with van der Waals surface area (Å²) in [7, 11) is 7.82.